The first-order valence-electron chi connectivity index (χ1n) is 5.85. The molecule has 1 unspecified atom stereocenters. The molecule has 86 valence electrons. The molecule has 1 heterocycles. The first-order chi connectivity index (χ1) is 7.20. The third-order valence-electron chi connectivity index (χ3n) is 3.53. The highest BCUT2D eigenvalue weighted by molar-refractivity contribution is 8.13. The maximum atomic E-state index is 7.18. The van der Waals surface area contributed by atoms with Crippen LogP contribution in [0.5, 0.6) is 0 Å². The zero-order chi connectivity index (χ0) is 10.7. The lowest BCUT2D eigenvalue weighted by Gasteiger charge is -2.33. The molecule has 0 amide bonds. The summed E-state index contributed by atoms with van der Waals surface area (Å²) in [6, 6.07) is 0. The third kappa shape index (κ3) is 2.88. The van der Waals surface area contributed by atoms with Crippen LogP contribution in [0.4, 0.5) is 0 Å². The van der Waals surface area contributed by atoms with Gasteiger partial charge in [0.15, 0.2) is 5.17 Å². The molecule has 2 aliphatic rings. The second-order valence-electron chi connectivity index (χ2n) is 4.70. The third-order valence-corrected chi connectivity index (χ3v) is 4.38. The first-order valence-corrected chi connectivity index (χ1v) is 6.83. The fraction of sp³-hybridized carbons (Fsp3) is 0.909. The van der Waals surface area contributed by atoms with E-state index >= 15 is 0 Å². The van der Waals surface area contributed by atoms with Gasteiger partial charge in [-0.25, -0.2) is 0 Å². The number of nitrogens with one attached hydrogen (secondary N) is 1. The highest BCUT2D eigenvalue weighted by atomic mass is 32.2. The second kappa shape index (κ2) is 4.74. The number of hydrogen-bond acceptors (Lipinski definition) is 3. The van der Waals surface area contributed by atoms with Crippen LogP contribution in [0.3, 0.4) is 0 Å². The Bertz CT molecular complexity index is 239. The van der Waals surface area contributed by atoms with Gasteiger partial charge in [-0.05, 0) is 25.7 Å². The van der Waals surface area contributed by atoms with Crippen molar-refractivity contribution in [2.45, 2.75) is 56.7 Å². The average molecular weight is 228 g/mol. The molecule has 3 nitrogen and oxygen atoms in total. The molecule has 1 aliphatic carbocycles. The Kier molecular flexibility index (Phi) is 3.57. The Labute approximate surface area is 95.6 Å². The van der Waals surface area contributed by atoms with Gasteiger partial charge in [-0.3, -0.25) is 5.41 Å². The largest absolute Gasteiger partial charge is 0.379 e. The average Bonchev–Trinajstić information content (AvgIpc) is 2.60. The van der Waals surface area contributed by atoms with Crippen molar-refractivity contribution in [1.82, 2.24) is 0 Å². The van der Waals surface area contributed by atoms with Crippen molar-refractivity contribution >= 4 is 16.9 Å². The summed E-state index contributed by atoms with van der Waals surface area (Å²) in [5, 5.41) is 7.39. The van der Waals surface area contributed by atoms with Crippen molar-refractivity contribution in [2.24, 2.45) is 5.73 Å². The lowest BCUT2D eigenvalue weighted by Crippen LogP contribution is -2.32. The standard InChI is InChI=1S/C11H20N2OS/c12-10(13)15-8-9-4-7-11(14-9)5-2-1-3-6-11/h9H,1-8H2,(H3,12,13). The van der Waals surface area contributed by atoms with Gasteiger partial charge in [0, 0.05) is 5.75 Å². The molecule has 1 atom stereocenters. The van der Waals surface area contributed by atoms with E-state index in [1.807, 2.05) is 0 Å². The molecule has 2 fully saturated rings. The van der Waals surface area contributed by atoms with E-state index < -0.39 is 0 Å². The Morgan fingerprint density at radius 3 is 2.73 bits per heavy atom. The summed E-state index contributed by atoms with van der Waals surface area (Å²) in [6.07, 6.45) is 9.22. The van der Waals surface area contributed by atoms with E-state index in [-0.39, 0.29) is 10.8 Å². The van der Waals surface area contributed by atoms with Crippen molar-refractivity contribution in [3.63, 3.8) is 0 Å². The van der Waals surface area contributed by atoms with Gasteiger partial charge in [-0.1, -0.05) is 31.0 Å². The number of rotatable bonds is 2. The molecule has 0 aromatic carbocycles. The summed E-state index contributed by atoms with van der Waals surface area (Å²) in [4.78, 5) is 0. The summed E-state index contributed by atoms with van der Waals surface area (Å²) < 4.78 is 6.17. The summed E-state index contributed by atoms with van der Waals surface area (Å²) in [5.41, 5.74) is 5.54. The molecule has 0 aromatic rings. The molecule has 15 heavy (non-hydrogen) atoms. The second-order valence-corrected chi connectivity index (χ2v) is 5.76. The fourth-order valence-electron chi connectivity index (χ4n) is 2.76. The highest BCUT2D eigenvalue weighted by Gasteiger charge is 2.40. The topological polar surface area (TPSA) is 59.1 Å². The Balaban J connectivity index is 1.80. The number of ether oxygens (including phenoxy) is 1. The minimum atomic E-state index is 0.209. The molecule has 0 aromatic heterocycles. The maximum absolute atomic E-state index is 7.18. The van der Waals surface area contributed by atoms with Crippen LogP contribution in [-0.2, 0) is 4.74 Å². The monoisotopic (exact) mass is 228 g/mol. The zero-order valence-corrected chi connectivity index (χ0v) is 9.94. The van der Waals surface area contributed by atoms with Crippen LogP contribution in [-0.4, -0.2) is 22.6 Å². The Hall–Kier alpha value is -0.220. The first kappa shape index (κ1) is 11.3. The van der Waals surface area contributed by atoms with Crippen LogP contribution in [0.1, 0.15) is 44.9 Å². The van der Waals surface area contributed by atoms with Crippen molar-refractivity contribution < 1.29 is 4.74 Å². The van der Waals surface area contributed by atoms with Crippen LogP contribution >= 0.6 is 11.8 Å². The normalized spacial score (nSPS) is 29.5. The molecule has 1 saturated carbocycles. The van der Waals surface area contributed by atoms with E-state index in [0.29, 0.717) is 6.10 Å². The number of thioether (sulfide) groups is 1. The quantitative estimate of drug-likeness (QED) is 0.564. The van der Waals surface area contributed by atoms with Crippen LogP contribution < -0.4 is 5.73 Å². The van der Waals surface area contributed by atoms with Gasteiger partial charge in [0.2, 0.25) is 0 Å². The van der Waals surface area contributed by atoms with Crippen LogP contribution in [0, 0.1) is 5.41 Å². The molecular formula is C11H20N2OS. The van der Waals surface area contributed by atoms with Gasteiger partial charge in [-0.2, -0.15) is 0 Å². The predicted molar refractivity (Wildman–Crippen MR) is 64.3 cm³/mol. The minimum absolute atomic E-state index is 0.209. The van der Waals surface area contributed by atoms with Crippen LogP contribution in [0.2, 0.25) is 0 Å². The van der Waals surface area contributed by atoms with E-state index in [9.17, 15) is 0 Å². The van der Waals surface area contributed by atoms with E-state index in [2.05, 4.69) is 0 Å². The SMILES string of the molecule is N=C(N)SCC1CCC2(CCCCC2)O1. The van der Waals surface area contributed by atoms with E-state index in [4.69, 9.17) is 15.9 Å². The van der Waals surface area contributed by atoms with Gasteiger partial charge in [0.05, 0.1) is 11.7 Å². The van der Waals surface area contributed by atoms with E-state index in [0.717, 1.165) is 12.2 Å². The summed E-state index contributed by atoms with van der Waals surface area (Å²) >= 11 is 1.41. The molecular weight excluding hydrogens is 208 g/mol. The number of nitrogens with two attached hydrogens (primary N) is 1. The van der Waals surface area contributed by atoms with Gasteiger partial charge in [-0.15, -0.1) is 0 Å². The van der Waals surface area contributed by atoms with Crippen molar-refractivity contribution in [3.05, 3.63) is 0 Å². The molecule has 2 rings (SSSR count). The Morgan fingerprint density at radius 2 is 2.07 bits per heavy atom. The molecule has 1 aliphatic heterocycles. The molecule has 0 radical (unpaired) electrons. The van der Waals surface area contributed by atoms with Gasteiger partial charge in [0.1, 0.15) is 0 Å². The molecule has 4 heteroatoms. The van der Waals surface area contributed by atoms with Crippen LogP contribution in [0.15, 0.2) is 0 Å². The summed E-state index contributed by atoms with van der Waals surface area (Å²) in [5.74, 6) is 0.858. The highest BCUT2D eigenvalue weighted by Crippen LogP contribution is 2.42. The van der Waals surface area contributed by atoms with Crippen molar-refractivity contribution in [2.75, 3.05) is 5.75 Å². The molecule has 3 N–H and O–H groups in total. The zero-order valence-electron chi connectivity index (χ0n) is 9.13. The van der Waals surface area contributed by atoms with Gasteiger partial charge in [0.25, 0.3) is 0 Å². The van der Waals surface area contributed by atoms with Crippen LogP contribution in [0.25, 0.3) is 0 Å². The van der Waals surface area contributed by atoms with Gasteiger partial charge < -0.3 is 10.5 Å². The van der Waals surface area contributed by atoms with E-state index in [1.165, 1.54) is 50.3 Å². The molecule has 1 saturated heterocycles. The van der Waals surface area contributed by atoms with Crippen molar-refractivity contribution in [3.8, 4) is 0 Å². The lowest BCUT2D eigenvalue weighted by molar-refractivity contribution is -0.0555. The van der Waals surface area contributed by atoms with Gasteiger partial charge >= 0.3 is 0 Å². The predicted octanol–water partition coefficient (Wildman–Crippen LogP) is 2.49. The Morgan fingerprint density at radius 1 is 1.33 bits per heavy atom. The van der Waals surface area contributed by atoms with E-state index in [1.54, 1.807) is 0 Å². The summed E-state index contributed by atoms with van der Waals surface area (Å²) in [6.45, 7) is 0. The molecule has 1 spiro atoms. The number of hydrogen-bond donors (Lipinski definition) is 2. The minimum Gasteiger partial charge on any atom is -0.379 e. The lowest BCUT2D eigenvalue weighted by atomic mass is 9.83. The smallest absolute Gasteiger partial charge is 0.151 e. The fourth-order valence-corrected chi connectivity index (χ4v) is 3.36. The summed E-state index contributed by atoms with van der Waals surface area (Å²) in [7, 11) is 0. The number of amidine groups is 1. The van der Waals surface area contributed by atoms with Crippen molar-refractivity contribution in [1.29, 1.82) is 5.41 Å². The maximum Gasteiger partial charge on any atom is 0.151 e. The molecule has 0 bridgehead atoms.